The molecule has 0 atom stereocenters. The monoisotopic (exact) mass is 329 g/mol. The Morgan fingerprint density at radius 2 is 1.46 bits per heavy atom. The minimum atomic E-state index is 0.532. The SMILES string of the molecule is COCCOc1ccc(CNc2ccc(OCC(C)C)cc2)cc1. The fourth-order valence-corrected chi connectivity index (χ4v) is 2.08. The summed E-state index contributed by atoms with van der Waals surface area (Å²) in [5.41, 5.74) is 2.28. The second-order valence-corrected chi connectivity index (χ2v) is 6.07. The van der Waals surface area contributed by atoms with Crippen molar-refractivity contribution in [1.29, 1.82) is 0 Å². The van der Waals surface area contributed by atoms with Crippen LogP contribution in [0.5, 0.6) is 11.5 Å². The van der Waals surface area contributed by atoms with Gasteiger partial charge in [0.1, 0.15) is 18.1 Å². The zero-order valence-corrected chi connectivity index (χ0v) is 14.7. The topological polar surface area (TPSA) is 39.7 Å². The van der Waals surface area contributed by atoms with E-state index >= 15 is 0 Å². The molecule has 0 radical (unpaired) electrons. The van der Waals surface area contributed by atoms with E-state index in [1.165, 1.54) is 5.56 Å². The van der Waals surface area contributed by atoms with Gasteiger partial charge in [0.15, 0.2) is 0 Å². The summed E-state index contributed by atoms with van der Waals surface area (Å²) in [6.07, 6.45) is 0. The summed E-state index contributed by atoms with van der Waals surface area (Å²) in [5.74, 6) is 2.30. The smallest absolute Gasteiger partial charge is 0.119 e. The Kier molecular flexibility index (Phi) is 7.43. The van der Waals surface area contributed by atoms with Gasteiger partial charge in [-0.05, 0) is 47.9 Å². The van der Waals surface area contributed by atoms with E-state index in [-0.39, 0.29) is 0 Å². The molecule has 0 spiro atoms. The second-order valence-electron chi connectivity index (χ2n) is 6.07. The number of benzene rings is 2. The van der Waals surface area contributed by atoms with E-state index in [0.29, 0.717) is 19.1 Å². The van der Waals surface area contributed by atoms with Crippen LogP contribution in [0, 0.1) is 5.92 Å². The highest BCUT2D eigenvalue weighted by atomic mass is 16.5. The van der Waals surface area contributed by atoms with E-state index in [1.807, 2.05) is 36.4 Å². The van der Waals surface area contributed by atoms with Crippen LogP contribution in [0.2, 0.25) is 0 Å². The summed E-state index contributed by atoms with van der Waals surface area (Å²) < 4.78 is 16.2. The minimum absolute atomic E-state index is 0.532. The van der Waals surface area contributed by atoms with E-state index in [4.69, 9.17) is 14.2 Å². The molecule has 2 aromatic carbocycles. The highest BCUT2D eigenvalue weighted by Crippen LogP contribution is 2.18. The van der Waals surface area contributed by atoms with E-state index in [0.717, 1.165) is 30.3 Å². The summed E-state index contributed by atoms with van der Waals surface area (Å²) >= 11 is 0. The molecule has 0 aliphatic carbocycles. The predicted molar refractivity (Wildman–Crippen MR) is 97.9 cm³/mol. The predicted octanol–water partition coefficient (Wildman–Crippen LogP) is 4.36. The van der Waals surface area contributed by atoms with E-state index < -0.39 is 0 Å². The number of rotatable bonds is 10. The maximum atomic E-state index is 5.69. The van der Waals surface area contributed by atoms with Crippen LogP contribution in [0.15, 0.2) is 48.5 Å². The number of methoxy groups -OCH3 is 1. The fourth-order valence-electron chi connectivity index (χ4n) is 2.08. The van der Waals surface area contributed by atoms with Gasteiger partial charge >= 0.3 is 0 Å². The average Bonchev–Trinajstić information content (AvgIpc) is 2.60. The van der Waals surface area contributed by atoms with Crippen molar-refractivity contribution in [1.82, 2.24) is 0 Å². The summed E-state index contributed by atoms with van der Waals surface area (Å²) in [6, 6.07) is 16.2. The molecule has 24 heavy (non-hydrogen) atoms. The molecule has 0 bridgehead atoms. The largest absolute Gasteiger partial charge is 0.493 e. The number of hydrogen-bond donors (Lipinski definition) is 1. The van der Waals surface area contributed by atoms with Crippen LogP contribution in [0.25, 0.3) is 0 Å². The number of anilines is 1. The van der Waals surface area contributed by atoms with Crippen LogP contribution in [0.4, 0.5) is 5.69 Å². The van der Waals surface area contributed by atoms with Crippen LogP contribution in [-0.4, -0.2) is 26.9 Å². The third-order valence-electron chi connectivity index (χ3n) is 3.41. The van der Waals surface area contributed by atoms with Gasteiger partial charge in [-0.25, -0.2) is 0 Å². The fraction of sp³-hybridized carbons (Fsp3) is 0.400. The molecule has 0 amide bonds. The number of nitrogens with one attached hydrogen (secondary N) is 1. The third-order valence-corrected chi connectivity index (χ3v) is 3.41. The molecule has 2 aromatic rings. The van der Waals surface area contributed by atoms with Crippen LogP contribution in [0.1, 0.15) is 19.4 Å². The molecule has 2 rings (SSSR count). The molecule has 0 saturated carbocycles. The molecule has 0 saturated heterocycles. The maximum Gasteiger partial charge on any atom is 0.119 e. The summed E-state index contributed by atoms with van der Waals surface area (Å²) in [4.78, 5) is 0. The Morgan fingerprint density at radius 1 is 0.833 bits per heavy atom. The van der Waals surface area contributed by atoms with Crippen molar-refractivity contribution in [3.05, 3.63) is 54.1 Å². The molecular formula is C20H27NO3. The van der Waals surface area contributed by atoms with Gasteiger partial charge in [0.25, 0.3) is 0 Å². The Hall–Kier alpha value is -2.20. The highest BCUT2D eigenvalue weighted by molar-refractivity contribution is 5.47. The van der Waals surface area contributed by atoms with Crippen molar-refractivity contribution in [3.8, 4) is 11.5 Å². The lowest BCUT2D eigenvalue weighted by atomic mass is 10.2. The van der Waals surface area contributed by atoms with E-state index in [1.54, 1.807) is 7.11 Å². The van der Waals surface area contributed by atoms with Crippen molar-refractivity contribution < 1.29 is 14.2 Å². The first-order chi connectivity index (χ1) is 11.7. The Bertz CT molecular complexity index is 579. The first kappa shape index (κ1) is 18.1. The van der Waals surface area contributed by atoms with Crippen LogP contribution in [-0.2, 0) is 11.3 Å². The van der Waals surface area contributed by atoms with Crippen LogP contribution >= 0.6 is 0 Å². The molecule has 130 valence electrons. The molecule has 0 aliphatic heterocycles. The molecule has 4 heteroatoms. The van der Waals surface area contributed by atoms with Gasteiger partial charge in [0.2, 0.25) is 0 Å². The molecule has 1 N–H and O–H groups in total. The minimum Gasteiger partial charge on any atom is -0.493 e. The molecule has 0 heterocycles. The van der Waals surface area contributed by atoms with Gasteiger partial charge in [-0.2, -0.15) is 0 Å². The lowest BCUT2D eigenvalue weighted by Gasteiger charge is -2.11. The van der Waals surface area contributed by atoms with Crippen molar-refractivity contribution in [3.63, 3.8) is 0 Å². The quantitative estimate of drug-likeness (QED) is 0.658. The Balaban J connectivity index is 1.78. The summed E-state index contributed by atoms with van der Waals surface area (Å²) in [5, 5.41) is 3.41. The average molecular weight is 329 g/mol. The van der Waals surface area contributed by atoms with Gasteiger partial charge in [-0.1, -0.05) is 26.0 Å². The van der Waals surface area contributed by atoms with Gasteiger partial charge < -0.3 is 19.5 Å². The highest BCUT2D eigenvalue weighted by Gasteiger charge is 1.99. The molecular weight excluding hydrogens is 302 g/mol. The van der Waals surface area contributed by atoms with E-state index in [2.05, 4.69) is 31.3 Å². The second kappa shape index (κ2) is 9.83. The van der Waals surface area contributed by atoms with Gasteiger partial charge in [0, 0.05) is 19.3 Å². The normalized spacial score (nSPS) is 10.7. The van der Waals surface area contributed by atoms with Crippen molar-refractivity contribution in [2.75, 3.05) is 32.2 Å². The van der Waals surface area contributed by atoms with Crippen molar-refractivity contribution >= 4 is 5.69 Å². The van der Waals surface area contributed by atoms with E-state index in [9.17, 15) is 0 Å². The number of hydrogen-bond acceptors (Lipinski definition) is 4. The summed E-state index contributed by atoms with van der Waals surface area (Å²) in [7, 11) is 1.67. The molecule has 4 nitrogen and oxygen atoms in total. The van der Waals surface area contributed by atoms with Crippen molar-refractivity contribution in [2.24, 2.45) is 5.92 Å². The lowest BCUT2D eigenvalue weighted by molar-refractivity contribution is 0.146. The standard InChI is InChI=1S/C20H27NO3/c1-16(2)15-24-20-10-6-18(7-11-20)21-14-17-4-8-19(9-5-17)23-13-12-22-3/h4-11,16,21H,12-15H2,1-3H3. The number of ether oxygens (including phenoxy) is 3. The maximum absolute atomic E-state index is 5.69. The van der Waals surface area contributed by atoms with Gasteiger partial charge in [-0.3, -0.25) is 0 Å². The molecule has 0 aromatic heterocycles. The summed E-state index contributed by atoms with van der Waals surface area (Å²) in [6.45, 7) is 6.96. The lowest BCUT2D eigenvalue weighted by Crippen LogP contribution is -2.05. The van der Waals surface area contributed by atoms with Gasteiger partial charge in [0.05, 0.1) is 13.2 Å². The zero-order chi connectivity index (χ0) is 17.2. The first-order valence-electron chi connectivity index (χ1n) is 8.35. The molecule has 0 fully saturated rings. The first-order valence-corrected chi connectivity index (χ1v) is 8.35. The third kappa shape index (κ3) is 6.50. The Labute approximate surface area is 144 Å². The Morgan fingerprint density at radius 3 is 2.08 bits per heavy atom. The zero-order valence-electron chi connectivity index (χ0n) is 14.7. The molecule has 0 unspecified atom stereocenters. The van der Waals surface area contributed by atoms with Crippen LogP contribution in [0.3, 0.4) is 0 Å². The van der Waals surface area contributed by atoms with Crippen LogP contribution < -0.4 is 14.8 Å². The van der Waals surface area contributed by atoms with Crippen molar-refractivity contribution in [2.45, 2.75) is 20.4 Å². The molecule has 0 aliphatic rings. The van der Waals surface area contributed by atoms with Gasteiger partial charge in [-0.15, -0.1) is 0 Å².